The van der Waals surface area contributed by atoms with Crippen molar-refractivity contribution in [3.05, 3.63) is 45.5 Å². The number of nitriles is 1. The van der Waals surface area contributed by atoms with E-state index >= 15 is 0 Å². The lowest BCUT2D eigenvalue weighted by Crippen LogP contribution is -2.55. The van der Waals surface area contributed by atoms with Crippen LogP contribution in [0, 0.1) is 21.4 Å². The van der Waals surface area contributed by atoms with E-state index in [1.165, 1.54) is 12.1 Å². The first-order valence-corrected chi connectivity index (χ1v) is 7.67. The van der Waals surface area contributed by atoms with E-state index < -0.39 is 46.2 Å². The molecule has 27 heavy (non-hydrogen) atoms. The summed E-state index contributed by atoms with van der Waals surface area (Å²) in [5.74, 6) is -1.29. The average molecular weight is 389 g/mol. The van der Waals surface area contributed by atoms with E-state index in [4.69, 9.17) is 10.00 Å². The van der Waals surface area contributed by atoms with Gasteiger partial charge in [-0.15, -0.1) is 10.1 Å². The fraction of sp³-hybridized carbons (Fsp3) is 0.467. The van der Waals surface area contributed by atoms with Crippen molar-refractivity contribution in [2.75, 3.05) is 6.61 Å². The molecule has 1 aromatic rings. The first kappa shape index (κ1) is 20.4. The third-order valence-electron chi connectivity index (χ3n) is 3.96. The standard InChI is InChI=1S/C15H14F3N3O6/c16-15(17,18)14(12-6-2-1-5-11(12)13(22)20(14)23)26-9-7-10(4-3-8-19)27-21(24)25/h1-2,5-6,10,23H,3-4,7,9H2. The summed E-state index contributed by atoms with van der Waals surface area (Å²) in [6.45, 7) is -0.734. The minimum Gasteiger partial charge on any atom is -0.342 e. The number of rotatable bonds is 8. The number of halogens is 3. The predicted octanol–water partition coefficient (Wildman–Crippen LogP) is 2.53. The summed E-state index contributed by atoms with van der Waals surface area (Å²) in [7, 11) is 0. The molecular weight excluding hydrogens is 375 g/mol. The first-order chi connectivity index (χ1) is 12.6. The van der Waals surface area contributed by atoms with Crippen LogP contribution in [0.4, 0.5) is 13.2 Å². The Morgan fingerprint density at radius 3 is 2.63 bits per heavy atom. The summed E-state index contributed by atoms with van der Waals surface area (Å²) < 4.78 is 46.3. The van der Waals surface area contributed by atoms with Gasteiger partial charge in [-0.1, -0.05) is 18.2 Å². The van der Waals surface area contributed by atoms with Gasteiger partial charge in [0.2, 0.25) is 0 Å². The third-order valence-corrected chi connectivity index (χ3v) is 3.96. The van der Waals surface area contributed by atoms with Crippen molar-refractivity contribution in [3.63, 3.8) is 0 Å². The molecule has 0 fully saturated rings. The third kappa shape index (κ3) is 3.79. The van der Waals surface area contributed by atoms with Gasteiger partial charge in [-0.05, 0) is 18.9 Å². The van der Waals surface area contributed by atoms with Crippen molar-refractivity contribution < 1.29 is 37.8 Å². The van der Waals surface area contributed by atoms with Crippen molar-refractivity contribution in [2.45, 2.75) is 37.3 Å². The zero-order valence-corrected chi connectivity index (χ0v) is 13.7. The number of hydrogen-bond acceptors (Lipinski definition) is 7. The van der Waals surface area contributed by atoms with E-state index in [0.717, 1.165) is 12.1 Å². The average Bonchev–Trinajstić information content (AvgIpc) is 2.81. The van der Waals surface area contributed by atoms with Crippen LogP contribution in [0.5, 0.6) is 0 Å². The van der Waals surface area contributed by atoms with Gasteiger partial charge in [-0.25, -0.2) is 0 Å². The molecule has 1 aromatic carbocycles. The molecule has 9 nitrogen and oxygen atoms in total. The number of benzene rings is 1. The van der Waals surface area contributed by atoms with Crippen LogP contribution < -0.4 is 0 Å². The van der Waals surface area contributed by atoms with Gasteiger partial charge in [0, 0.05) is 12.0 Å². The van der Waals surface area contributed by atoms with Gasteiger partial charge in [0.25, 0.3) is 16.7 Å². The van der Waals surface area contributed by atoms with Gasteiger partial charge in [-0.3, -0.25) is 10.0 Å². The maximum atomic E-state index is 13.8. The summed E-state index contributed by atoms with van der Waals surface area (Å²) in [4.78, 5) is 26.8. The summed E-state index contributed by atoms with van der Waals surface area (Å²) in [5.41, 5.74) is -4.40. The molecule has 12 heteroatoms. The fourth-order valence-corrected chi connectivity index (χ4v) is 2.76. The zero-order valence-electron chi connectivity index (χ0n) is 13.7. The molecule has 146 valence electrons. The highest BCUT2D eigenvalue weighted by Gasteiger charge is 2.68. The van der Waals surface area contributed by atoms with Crippen LogP contribution in [-0.2, 0) is 15.3 Å². The van der Waals surface area contributed by atoms with Gasteiger partial charge >= 0.3 is 6.18 Å². The summed E-state index contributed by atoms with van der Waals surface area (Å²) in [6, 6.07) is 6.44. The highest BCUT2D eigenvalue weighted by atomic mass is 19.4. The van der Waals surface area contributed by atoms with Crippen LogP contribution in [0.15, 0.2) is 24.3 Å². The van der Waals surface area contributed by atoms with Gasteiger partial charge in [0.15, 0.2) is 0 Å². The van der Waals surface area contributed by atoms with E-state index in [2.05, 4.69) is 4.84 Å². The number of fused-ring (bicyclic) bond motifs is 1. The largest absolute Gasteiger partial charge is 0.443 e. The SMILES string of the molecule is N#CCCC(CCOC1(C(F)(F)F)c2ccccc2C(=O)N1O)O[N+](=O)[O-]. The zero-order chi connectivity index (χ0) is 20.2. The van der Waals surface area contributed by atoms with Gasteiger partial charge in [0.1, 0.15) is 6.10 Å². The van der Waals surface area contributed by atoms with Crippen molar-refractivity contribution in [3.8, 4) is 6.07 Å². The van der Waals surface area contributed by atoms with Crippen molar-refractivity contribution in [2.24, 2.45) is 0 Å². The minimum atomic E-state index is -5.20. The minimum absolute atomic E-state index is 0.0990. The Morgan fingerprint density at radius 1 is 1.37 bits per heavy atom. The van der Waals surface area contributed by atoms with Crippen molar-refractivity contribution >= 4 is 5.91 Å². The molecule has 1 N–H and O–H groups in total. The lowest BCUT2D eigenvalue weighted by atomic mass is 10.0. The molecule has 2 atom stereocenters. The molecule has 0 spiro atoms. The molecule has 2 unspecified atom stereocenters. The van der Waals surface area contributed by atoms with E-state index in [9.17, 15) is 33.3 Å². The Balaban J connectivity index is 2.25. The van der Waals surface area contributed by atoms with Gasteiger partial charge in [0.05, 0.1) is 18.2 Å². The molecule has 1 aliphatic heterocycles. The molecule has 1 heterocycles. The van der Waals surface area contributed by atoms with E-state index in [1.54, 1.807) is 6.07 Å². The number of carbonyl (C=O) groups excluding carboxylic acids is 1. The molecule has 0 saturated heterocycles. The van der Waals surface area contributed by atoms with Crippen molar-refractivity contribution in [1.82, 2.24) is 5.06 Å². The van der Waals surface area contributed by atoms with Crippen LogP contribution in [0.25, 0.3) is 0 Å². The number of alkyl halides is 3. The predicted molar refractivity (Wildman–Crippen MR) is 79.4 cm³/mol. The maximum absolute atomic E-state index is 13.8. The molecule has 1 aliphatic rings. The molecular formula is C15H14F3N3O6. The van der Waals surface area contributed by atoms with Crippen LogP contribution in [-0.4, -0.2) is 40.2 Å². The molecule has 1 amide bonds. The van der Waals surface area contributed by atoms with E-state index in [1.807, 2.05) is 0 Å². The number of carbonyl (C=O) groups is 1. The first-order valence-electron chi connectivity index (χ1n) is 7.67. The second kappa shape index (κ2) is 7.77. The number of nitrogens with zero attached hydrogens (tertiary/aromatic N) is 3. The van der Waals surface area contributed by atoms with Crippen LogP contribution in [0.3, 0.4) is 0 Å². The highest BCUT2D eigenvalue weighted by molar-refractivity contribution is 5.99. The van der Waals surface area contributed by atoms with Gasteiger partial charge < -0.3 is 9.57 Å². The Bertz CT molecular complexity index is 766. The number of hydrogen-bond donors (Lipinski definition) is 1. The monoisotopic (exact) mass is 389 g/mol. The van der Waals surface area contributed by atoms with Crippen molar-refractivity contribution in [1.29, 1.82) is 5.26 Å². The van der Waals surface area contributed by atoms with Gasteiger partial charge in [-0.2, -0.15) is 23.5 Å². The number of hydroxylamine groups is 2. The fourth-order valence-electron chi connectivity index (χ4n) is 2.76. The summed E-state index contributed by atoms with van der Waals surface area (Å²) >= 11 is 0. The molecule has 2 rings (SSSR count). The Hall–Kier alpha value is -2.91. The van der Waals surface area contributed by atoms with E-state index in [0.29, 0.717) is 0 Å². The van der Waals surface area contributed by atoms with Crippen LogP contribution in [0.2, 0.25) is 0 Å². The maximum Gasteiger partial charge on any atom is 0.443 e. The molecule has 0 saturated carbocycles. The Kier molecular flexibility index (Phi) is 5.87. The number of ether oxygens (including phenoxy) is 1. The second-order valence-corrected chi connectivity index (χ2v) is 5.59. The Labute approximate surface area is 150 Å². The normalized spacial score (nSPS) is 20.1. The molecule has 0 bridgehead atoms. The van der Waals surface area contributed by atoms with Crippen LogP contribution >= 0.6 is 0 Å². The Morgan fingerprint density at radius 2 is 2.04 bits per heavy atom. The molecule has 0 aliphatic carbocycles. The van der Waals surface area contributed by atoms with E-state index in [-0.39, 0.29) is 24.8 Å². The summed E-state index contributed by atoms with van der Waals surface area (Å²) in [5, 5.41) is 27.2. The van der Waals surface area contributed by atoms with Crippen LogP contribution in [0.1, 0.15) is 35.2 Å². The molecule has 0 radical (unpaired) electrons. The smallest absolute Gasteiger partial charge is 0.342 e. The number of amides is 1. The molecule has 0 aromatic heterocycles. The quantitative estimate of drug-likeness (QED) is 0.411. The highest BCUT2D eigenvalue weighted by Crippen LogP contribution is 2.49. The lowest BCUT2D eigenvalue weighted by molar-refractivity contribution is -0.769. The lowest BCUT2D eigenvalue weighted by Gasteiger charge is -2.36. The second-order valence-electron chi connectivity index (χ2n) is 5.59. The summed E-state index contributed by atoms with van der Waals surface area (Å²) in [6.07, 6.45) is -6.96. The topological polar surface area (TPSA) is 126 Å².